The number of carbonyl (C=O) groups is 1. The molecule has 0 radical (unpaired) electrons. The van der Waals surface area contributed by atoms with E-state index in [-0.39, 0.29) is 5.91 Å². The van der Waals surface area contributed by atoms with Crippen LogP contribution in [-0.4, -0.2) is 21.9 Å². The molecule has 2 aromatic heterocycles. The zero-order valence-electron chi connectivity index (χ0n) is 14.1. The van der Waals surface area contributed by atoms with Gasteiger partial charge in [-0.1, -0.05) is 29.8 Å². The quantitative estimate of drug-likeness (QED) is 0.549. The number of nitrogens with zero attached hydrogens (tertiary/aromatic N) is 3. The van der Waals surface area contributed by atoms with Gasteiger partial charge in [-0.2, -0.15) is 10.2 Å². The first-order chi connectivity index (χ1) is 12.0. The summed E-state index contributed by atoms with van der Waals surface area (Å²) in [6.07, 6.45) is 1.53. The third-order valence-electron chi connectivity index (χ3n) is 3.75. The van der Waals surface area contributed by atoms with Crippen LogP contribution >= 0.6 is 22.9 Å². The van der Waals surface area contributed by atoms with Gasteiger partial charge in [-0.15, -0.1) is 11.3 Å². The predicted octanol–water partition coefficient (Wildman–Crippen LogP) is 4.28. The van der Waals surface area contributed by atoms with Gasteiger partial charge in [0.25, 0.3) is 5.91 Å². The molecule has 7 heteroatoms. The minimum atomic E-state index is -0.248. The van der Waals surface area contributed by atoms with Gasteiger partial charge in [-0.25, -0.2) is 10.1 Å². The average Bonchev–Trinajstić information content (AvgIpc) is 3.20. The summed E-state index contributed by atoms with van der Waals surface area (Å²) in [5.74, 6) is -0.248. The van der Waals surface area contributed by atoms with E-state index in [2.05, 4.69) is 15.6 Å². The van der Waals surface area contributed by atoms with Crippen LogP contribution in [0.4, 0.5) is 0 Å². The summed E-state index contributed by atoms with van der Waals surface area (Å²) in [6, 6.07) is 9.68. The van der Waals surface area contributed by atoms with Crippen molar-refractivity contribution in [2.24, 2.45) is 5.10 Å². The molecule has 0 unspecified atom stereocenters. The summed E-state index contributed by atoms with van der Waals surface area (Å²) in [4.78, 5) is 12.5. The normalized spacial score (nSPS) is 11.2. The minimum absolute atomic E-state index is 0.248. The van der Waals surface area contributed by atoms with Gasteiger partial charge in [-0.3, -0.25) is 4.79 Å². The van der Waals surface area contributed by atoms with Crippen LogP contribution in [0.3, 0.4) is 0 Å². The van der Waals surface area contributed by atoms with Crippen molar-refractivity contribution in [3.63, 3.8) is 0 Å². The number of nitrogens with one attached hydrogen (secondary N) is 1. The van der Waals surface area contributed by atoms with Gasteiger partial charge in [-0.05, 0) is 49.4 Å². The number of carbonyl (C=O) groups excluding carboxylic acids is 1. The van der Waals surface area contributed by atoms with Gasteiger partial charge in [0.05, 0.1) is 28.0 Å². The number of thiophene rings is 1. The maximum Gasteiger partial charge on any atom is 0.281 e. The number of aromatic nitrogens is 2. The molecule has 2 heterocycles. The molecule has 0 spiro atoms. The predicted molar refractivity (Wildman–Crippen MR) is 102 cm³/mol. The van der Waals surface area contributed by atoms with E-state index in [9.17, 15) is 4.79 Å². The van der Waals surface area contributed by atoms with Gasteiger partial charge in [0.2, 0.25) is 0 Å². The topological polar surface area (TPSA) is 59.3 Å². The van der Waals surface area contributed by atoms with E-state index in [1.165, 1.54) is 17.6 Å². The largest absolute Gasteiger partial charge is 0.281 e. The lowest BCUT2D eigenvalue weighted by atomic mass is 10.1. The van der Waals surface area contributed by atoms with E-state index in [0.717, 1.165) is 22.5 Å². The Morgan fingerprint density at radius 3 is 2.84 bits per heavy atom. The van der Waals surface area contributed by atoms with E-state index in [1.54, 1.807) is 10.7 Å². The lowest BCUT2D eigenvalue weighted by molar-refractivity contribution is 0.0959. The molecule has 0 saturated carbocycles. The van der Waals surface area contributed by atoms with Crippen LogP contribution in [0.5, 0.6) is 0 Å². The highest BCUT2D eigenvalue weighted by molar-refractivity contribution is 7.12. The summed E-state index contributed by atoms with van der Waals surface area (Å²) in [7, 11) is 0. The summed E-state index contributed by atoms with van der Waals surface area (Å²) >= 11 is 7.86. The fourth-order valence-electron chi connectivity index (χ4n) is 2.38. The molecule has 3 aromatic rings. The van der Waals surface area contributed by atoms with E-state index in [4.69, 9.17) is 11.6 Å². The zero-order valence-corrected chi connectivity index (χ0v) is 15.6. The van der Waals surface area contributed by atoms with E-state index in [0.29, 0.717) is 15.6 Å². The van der Waals surface area contributed by atoms with Crippen LogP contribution in [-0.2, 0) is 0 Å². The minimum Gasteiger partial charge on any atom is -0.266 e. The Bertz CT molecular complexity index is 944. The van der Waals surface area contributed by atoms with Crippen molar-refractivity contribution in [1.82, 2.24) is 15.2 Å². The highest BCUT2D eigenvalue weighted by Gasteiger charge is 2.15. The second kappa shape index (κ2) is 7.21. The molecule has 1 N–H and O–H groups in total. The fraction of sp³-hybridized carbons (Fsp3) is 0.167. The zero-order chi connectivity index (χ0) is 18.0. The number of hydrazone groups is 1. The number of aryl methyl sites for hydroxylation is 3. The molecule has 5 nitrogen and oxygen atoms in total. The maximum atomic E-state index is 11.9. The van der Waals surface area contributed by atoms with Gasteiger partial charge >= 0.3 is 0 Å². The maximum absolute atomic E-state index is 11.9. The Balaban J connectivity index is 1.86. The van der Waals surface area contributed by atoms with Crippen LogP contribution < -0.4 is 5.43 Å². The molecular formula is C18H17ClN4OS. The molecule has 0 aliphatic heterocycles. The molecule has 0 aliphatic rings. The number of halogens is 1. The number of benzene rings is 1. The highest BCUT2D eigenvalue weighted by Crippen LogP contribution is 2.24. The molecule has 1 aromatic carbocycles. The number of hydrogen-bond acceptors (Lipinski definition) is 4. The Hall–Kier alpha value is -2.44. The van der Waals surface area contributed by atoms with Gasteiger partial charge in [0, 0.05) is 0 Å². The highest BCUT2D eigenvalue weighted by atomic mass is 35.5. The number of amides is 1. The summed E-state index contributed by atoms with van der Waals surface area (Å²) < 4.78 is 1.70. The Labute approximate surface area is 154 Å². The first-order valence-corrected chi connectivity index (χ1v) is 8.93. The van der Waals surface area contributed by atoms with Crippen molar-refractivity contribution in [3.8, 4) is 5.69 Å². The molecule has 0 aliphatic carbocycles. The summed E-state index contributed by atoms with van der Waals surface area (Å²) in [6.45, 7) is 5.89. The molecule has 0 atom stereocenters. The Morgan fingerprint density at radius 2 is 2.12 bits per heavy atom. The standard InChI is InChI=1S/C18H17ClN4OS/c1-11-6-7-12(2)15(9-11)23-17(19)14(13(3)22-23)10-20-21-18(24)16-5-4-8-25-16/h4-10H,1-3H3,(H,21,24)/b20-10-. The Morgan fingerprint density at radius 1 is 1.32 bits per heavy atom. The number of hydrogen-bond donors (Lipinski definition) is 1. The van der Waals surface area contributed by atoms with Crippen molar-refractivity contribution >= 4 is 35.1 Å². The first kappa shape index (κ1) is 17.4. The van der Waals surface area contributed by atoms with Crippen molar-refractivity contribution in [3.05, 3.63) is 68.1 Å². The van der Waals surface area contributed by atoms with Crippen LogP contribution in [0.25, 0.3) is 5.69 Å². The van der Waals surface area contributed by atoms with Crippen molar-refractivity contribution < 1.29 is 4.79 Å². The monoisotopic (exact) mass is 372 g/mol. The molecule has 3 rings (SSSR count). The average molecular weight is 373 g/mol. The Kier molecular flexibility index (Phi) is 5.01. The first-order valence-electron chi connectivity index (χ1n) is 7.67. The van der Waals surface area contributed by atoms with E-state index in [1.807, 2.05) is 50.4 Å². The lowest BCUT2D eigenvalue weighted by Crippen LogP contribution is -2.16. The van der Waals surface area contributed by atoms with Gasteiger partial charge < -0.3 is 0 Å². The molecule has 25 heavy (non-hydrogen) atoms. The van der Waals surface area contributed by atoms with E-state index < -0.39 is 0 Å². The smallest absolute Gasteiger partial charge is 0.266 e. The van der Waals surface area contributed by atoms with Crippen molar-refractivity contribution in [1.29, 1.82) is 0 Å². The van der Waals surface area contributed by atoms with Gasteiger partial charge in [0.15, 0.2) is 0 Å². The SMILES string of the molecule is Cc1ccc(C)c(-n2nc(C)c(/C=N\NC(=O)c3cccs3)c2Cl)c1. The van der Waals surface area contributed by atoms with Gasteiger partial charge in [0.1, 0.15) is 5.15 Å². The van der Waals surface area contributed by atoms with E-state index >= 15 is 0 Å². The van der Waals surface area contributed by atoms with Crippen molar-refractivity contribution in [2.75, 3.05) is 0 Å². The molecular weight excluding hydrogens is 356 g/mol. The molecule has 0 bridgehead atoms. The second-order valence-electron chi connectivity index (χ2n) is 5.67. The summed E-state index contributed by atoms with van der Waals surface area (Å²) in [5, 5.41) is 10.8. The van der Waals surface area contributed by atoms with Crippen LogP contribution in [0.1, 0.15) is 32.1 Å². The third kappa shape index (κ3) is 3.65. The van der Waals surface area contributed by atoms with Crippen molar-refractivity contribution in [2.45, 2.75) is 20.8 Å². The van der Waals surface area contributed by atoms with Crippen LogP contribution in [0, 0.1) is 20.8 Å². The fourth-order valence-corrected chi connectivity index (χ4v) is 3.31. The molecule has 0 fully saturated rings. The summed E-state index contributed by atoms with van der Waals surface area (Å²) in [5.41, 5.74) is 7.04. The lowest BCUT2D eigenvalue weighted by Gasteiger charge is -2.08. The van der Waals surface area contributed by atoms with Crippen LogP contribution in [0.15, 0.2) is 40.8 Å². The van der Waals surface area contributed by atoms with Crippen LogP contribution in [0.2, 0.25) is 5.15 Å². The molecule has 128 valence electrons. The second-order valence-corrected chi connectivity index (χ2v) is 6.97. The molecule has 0 saturated heterocycles. The third-order valence-corrected chi connectivity index (χ3v) is 4.98. The molecule has 1 amide bonds. The number of rotatable bonds is 4.